The standard InChI is InChI=1S/C10H13NO2S/c1-2-5-11(6-7-12)10(13)9-4-3-8-14-9/h2-4,8,12H,1,5-7H2. The smallest absolute Gasteiger partial charge is 0.264 e. The minimum atomic E-state index is -0.0473. The van der Waals surface area contributed by atoms with E-state index >= 15 is 0 Å². The molecule has 14 heavy (non-hydrogen) atoms. The van der Waals surface area contributed by atoms with Crippen molar-refractivity contribution >= 4 is 17.2 Å². The van der Waals surface area contributed by atoms with Crippen molar-refractivity contribution in [1.29, 1.82) is 0 Å². The molecule has 0 aliphatic heterocycles. The van der Waals surface area contributed by atoms with Gasteiger partial charge in [-0.05, 0) is 11.4 Å². The van der Waals surface area contributed by atoms with Crippen molar-refractivity contribution in [2.24, 2.45) is 0 Å². The molecular weight excluding hydrogens is 198 g/mol. The lowest BCUT2D eigenvalue weighted by Crippen LogP contribution is -2.33. The van der Waals surface area contributed by atoms with E-state index in [1.54, 1.807) is 17.0 Å². The van der Waals surface area contributed by atoms with Gasteiger partial charge < -0.3 is 10.0 Å². The van der Waals surface area contributed by atoms with E-state index in [2.05, 4.69) is 6.58 Å². The highest BCUT2D eigenvalue weighted by Crippen LogP contribution is 2.11. The Balaban J connectivity index is 2.68. The second kappa shape index (κ2) is 5.57. The van der Waals surface area contributed by atoms with Gasteiger partial charge in [0.05, 0.1) is 11.5 Å². The first-order valence-electron chi connectivity index (χ1n) is 4.34. The van der Waals surface area contributed by atoms with E-state index in [9.17, 15) is 4.79 Å². The Morgan fingerprint density at radius 3 is 3.00 bits per heavy atom. The van der Waals surface area contributed by atoms with Crippen LogP contribution < -0.4 is 0 Å². The van der Waals surface area contributed by atoms with Crippen LogP contribution in [0.15, 0.2) is 30.2 Å². The Morgan fingerprint density at radius 2 is 2.50 bits per heavy atom. The molecule has 0 saturated heterocycles. The zero-order chi connectivity index (χ0) is 10.4. The Labute approximate surface area is 87.3 Å². The van der Waals surface area contributed by atoms with Crippen LogP contribution in [0.5, 0.6) is 0 Å². The van der Waals surface area contributed by atoms with Crippen LogP contribution in [0.3, 0.4) is 0 Å². The van der Waals surface area contributed by atoms with E-state index in [1.807, 2.05) is 11.4 Å². The van der Waals surface area contributed by atoms with Crippen LogP contribution in [0.1, 0.15) is 9.67 Å². The van der Waals surface area contributed by atoms with Crippen molar-refractivity contribution < 1.29 is 9.90 Å². The summed E-state index contributed by atoms with van der Waals surface area (Å²) < 4.78 is 0. The van der Waals surface area contributed by atoms with Crippen LogP contribution in [0.4, 0.5) is 0 Å². The lowest BCUT2D eigenvalue weighted by atomic mass is 10.3. The van der Waals surface area contributed by atoms with Crippen molar-refractivity contribution in [3.63, 3.8) is 0 Å². The van der Waals surface area contributed by atoms with Crippen molar-refractivity contribution in [1.82, 2.24) is 4.90 Å². The summed E-state index contributed by atoms with van der Waals surface area (Å²) in [6, 6.07) is 3.61. The van der Waals surface area contributed by atoms with Gasteiger partial charge in [0, 0.05) is 13.1 Å². The Bertz CT molecular complexity index is 295. The van der Waals surface area contributed by atoms with Gasteiger partial charge in [0.2, 0.25) is 0 Å². The van der Waals surface area contributed by atoms with Crippen LogP contribution in [-0.4, -0.2) is 35.6 Å². The highest BCUT2D eigenvalue weighted by Gasteiger charge is 2.14. The zero-order valence-electron chi connectivity index (χ0n) is 7.85. The normalized spacial score (nSPS) is 9.79. The molecule has 1 aromatic heterocycles. The number of rotatable bonds is 5. The molecule has 1 amide bonds. The Kier molecular flexibility index (Phi) is 4.35. The van der Waals surface area contributed by atoms with E-state index in [0.717, 1.165) is 0 Å². The molecule has 1 aromatic rings. The van der Waals surface area contributed by atoms with Crippen molar-refractivity contribution in [2.45, 2.75) is 0 Å². The summed E-state index contributed by atoms with van der Waals surface area (Å²) in [7, 11) is 0. The summed E-state index contributed by atoms with van der Waals surface area (Å²) in [6.45, 7) is 4.37. The molecule has 3 nitrogen and oxygen atoms in total. The third kappa shape index (κ3) is 2.68. The molecule has 0 spiro atoms. The van der Waals surface area contributed by atoms with Crippen molar-refractivity contribution in [3.8, 4) is 0 Å². The van der Waals surface area contributed by atoms with Crippen molar-refractivity contribution in [2.75, 3.05) is 19.7 Å². The molecule has 0 radical (unpaired) electrons. The average Bonchev–Trinajstić information content (AvgIpc) is 2.69. The summed E-state index contributed by atoms with van der Waals surface area (Å²) in [5.74, 6) is -0.0473. The largest absolute Gasteiger partial charge is 0.395 e. The highest BCUT2D eigenvalue weighted by molar-refractivity contribution is 7.12. The van der Waals surface area contributed by atoms with Gasteiger partial charge in [-0.3, -0.25) is 4.79 Å². The summed E-state index contributed by atoms with van der Waals surface area (Å²) >= 11 is 1.40. The van der Waals surface area contributed by atoms with E-state index in [-0.39, 0.29) is 12.5 Å². The fourth-order valence-corrected chi connectivity index (χ4v) is 1.80. The molecule has 0 saturated carbocycles. The first-order valence-corrected chi connectivity index (χ1v) is 5.22. The second-order valence-corrected chi connectivity index (χ2v) is 3.69. The van der Waals surface area contributed by atoms with Gasteiger partial charge in [0.15, 0.2) is 0 Å². The first kappa shape index (κ1) is 10.9. The van der Waals surface area contributed by atoms with E-state index < -0.39 is 0 Å². The van der Waals surface area contributed by atoms with E-state index in [4.69, 9.17) is 5.11 Å². The van der Waals surface area contributed by atoms with Crippen LogP contribution in [0, 0.1) is 0 Å². The SMILES string of the molecule is C=CCN(CCO)C(=O)c1cccs1. The van der Waals surface area contributed by atoms with Gasteiger partial charge in [-0.1, -0.05) is 12.1 Å². The number of amides is 1. The Morgan fingerprint density at radius 1 is 1.71 bits per heavy atom. The summed E-state index contributed by atoms with van der Waals surface area (Å²) in [4.78, 5) is 14.0. The number of carbonyl (C=O) groups excluding carboxylic acids is 1. The highest BCUT2D eigenvalue weighted by atomic mass is 32.1. The van der Waals surface area contributed by atoms with E-state index in [0.29, 0.717) is 18.0 Å². The van der Waals surface area contributed by atoms with Gasteiger partial charge in [0.25, 0.3) is 5.91 Å². The average molecular weight is 211 g/mol. The van der Waals surface area contributed by atoms with Crippen LogP contribution in [0.2, 0.25) is 0 Å². The fraction of sp³-hybridized carbons (Fsp3) is 0.300. The molecule has 4 heteroatoms. The molecule has 0 unspecified atom stereocenters. The van der Waals surface area contributed by atoms with Crippen LogP contribution >= 0.6 is 11.3 Å². The predicted molar refractivity (Wildman–Crippen MR) is 57.5 cm³/mol. The van der Waals surface area contributed by atoms with E-state index in [1.165, 1.54) is 11.3 Å². The number of aliphatic hydroxyl groups is 1. The molecule has 0 fully saturated rings. The number of nitrogens with zero attached hydrogens (tertiary/aromatic N) is 1. The van der Waals surface area contributed by atoms with Gasteiger partial charge in [-0.15, -0.1) is 17.9 Å². The Hall–Kier alpha value is -1.13. The minimum Gasteiger partial charge on any atom is -0.395 e. The molecule has 76 valence electrons. The summed E-state index contributed by atoms with van der Waals surface area (Å²) in [5.41, 5.74) is 0. The number of hydrogen-bond donors (Lipinski definition) is 1. The molecule has 1 N–H and O–H groups in total. The van der Waals surface area contributed by atoms with Gasteiger partial charge >= 0.3 is 0 Å². The number of aliphatic hydroxyl groups excluding tert-OH is 1. The zero-order valence-corrected chi connectivity index (χ0v) is 8.67. The third-order valence-corrected chi connectivity index (χ3v) is 2.60. The maximum absolute atomic E-state index is 11.8. The molecule has 0 bridgehead atoms. The molecule has 0 atom stereocenters. The quantitative estimate of drug-likeness (QED) is 0.747. The van der Waals surface area contributed by atoms with Crippen LogP contribution in [-0.2, 0) is 0 Å². The van der Waals surface area contributed by atoms with Gasteiger partial charge in [-0.2, -0.15) is 0 Å². The van der Waals surface area contributed by atoms with Gasteiger partial charge in [-0.25, -0.2) is 0 Å². The monoisotopic (exact) mass is 211 g/mol. The number of carbonyl (C=O) groups is 1. The predicted octanol–water partition coefficient (Wildman–Crippen LogP) is 1.37. The molecule has 0 aromatic carbocycles. The fourth-order valence-electron chi connectivity index (χ4n) is 1.11. The molecule has 0 aliphatic rings. The minimum absolute atomic E-state index is 0.0229. The number of thiophene rings is 1. The lowest BCUT2D eigenvalue weighted by molar-refractivity contribution is 0.0747. The molecule has 1 rings (SSSR count). The lowest BCUT2D eigenvalue weighted by Gasteiger charge is -2.18. The maximum atomic E-state index is 11.8. The summed E-state index contributed by atoms with van der Waals surface area (Å²) in [6.07, 6.45) is 1.65. The van der Waals surface area contributed by atoms with Gasteiger partial charge in [0.1, 0.15) is 0 Å². The second-order valence-electron chi connectivity index (χ2n) is 2.74. The first-order chi connectivity index (χ1) is 6.79. The molecule has 1 heterocycles. The number of hydrogen-bond acceptors (Lipinski definition) is 3. The third-order valence-electron chi connectivity index (χ3n) is 1.74. The molecule has 0 aliphatic carbocycles. The van der Waals surface area contributed by atoms with Crippen molar-refractivity contribution in [3.05, 3.63) is 35.0 Å². The topological polar surface area (TPSA) is 40.5 Å². The molecular formula is C10H13NO2S. The summed E-state index contributed by atoms with van der Waals surface area (Å²) in [5, 5.41) is 10.6. The van der Waals surface area contributed by atoms with Crippen LogP contribution in [0.25, 0.3) is 0 Å². The maximum Gasteiger partial charge on any atom is 0.264 e.